The average Bonchev–Trinajstić information content (AvgIpc) is 2.29. The largest absolute Gasteiger partial charge is 0.415 e. The fourth-order valence-corrected chi connectivity index (χ4v) is 1.12. The van der Waals surface area contributed by atoms with Crippen LogP contribution in [0.3, 0.4) is 0 Å². The normalized spacial score (nSPS) is 14.5. The van der Waals surface area contributed by atoms with E-state index in [1.807, 2.05) is 0 Å². The molecule has 0 bridgehead atoms. The number of nitrogens with two attached hydrogens (primary N) is 1. The van der Waals surface area contributed by atoms with E-state index in [9.17, 15) is 32.5 Å². The molecule has 0 aliphatic heterocycles. The Labute approximate surface area is 109 Å². The van der Waals surface area contributed by atoms with Crippen LogP contribution in [0, 0.1) is 15.9 Å². The van der Waals surface area contributed by atoms with E-state index in [-0.39, 0.29) is 5.69 Å². The Bertz CT molecular complexity index is 557. The molecule has 0 saturated carbocycles. The molecule has 0 saturated heterocycles. The van der Waals surface area contributed by atoms with Gasteiger partial charge in [-0.15, -0.1) is 0 Å². The van der Waals surface area contributed by atoms with Crippen molar-refractivity contribution < 1.29 is 27.3 Å². The molecule has 0 aromatic heterocycles. The van der Waals surface area contributed by atoms with Crippen molar-refractivity contribution in [1.29, 1.82) is 0 Å². The number of hydrogen-bond acceptors (Lipinski definition) is 4. The number of nitrogens with zero attached hydrogens (tertiary/aromatic N) is 1. The number of benzene rings is 1. The SMILES string of the molecule is CC(N)(C(=O)Nc1ccc(F)c([N+](=O)[O-])c1)C(F)(F)F. The Morgan fingerprint density at radius 2 is 1.95 bits per heavy atom. The van der Waals surface area contributed by atoms with E-state index in [4.69, 9.17) is 5.73 Å². The van der Waals surface area contributed by atoms with Crippen molar-refractivity contribution in [2.75, 3.05) is 5.32 Å². The molecule has 0 heterocycles. The molecule has 20 heavy (non-hydrogen) atoms. The minimum Gasteiger partial charge on any atom is -0.324 e. The lowest BCUT2D eigenvalue weighted by atomic mass is 10.0. The average molecular weight is 295 g/mol. The van der Waals surface area contributed by atoms with E-state index in [1.165, 1.54) is 0 Å². The predicted octanol–water partition coefficient (Wildman–Crippen LogP) is 1.95. The molecule has 0 aliphatic carbocycles. The van der Waals surface area contributed by atoms with E-state index in [0.717, 1.165) is 6.07 Å². The molecule has 0 spiro atoms. The third-order valence-corrected chi connectivity index (χ3v) is 2.46. The molecular formula is C10H9F4N3O3. The number of rotatable bonds is 3. The third-order valence-electron chi connectivity index (χ3n) is 2.46. The molecule has 1 amide bonds. The van der Waals surface area contributed by atoms with Gasteiger partial charge >= 0.3 is 11.9 Å². The Hall–Kier alpha value is -2.23. The standard InChI is InChI=1S/C10H9F4N3O3/c1-9(15,10(12,13)14)8(18)16-5-2-3-6(11)7(4-5)17(19)20/h2-4H,15H2,1H3,(H,16,18). The fraction of sp³-hybridized carbons (Fsp3) is 0.300. The first-order valence-corrected chi connectivity index (χ1v) is 5.08. The van der Waals surface area contributed by atoms with Gasteiger partial charge in [-0.2, -0.15) is 17.6 Å². The second kappa shape index (κ2) is 5.04. The molecule has 1 aromatic carbocycles. The van der Waals surface area contributed by atoms with Crippen LogP contribution >= 0.6 is 0 Å². The maximum atomic E-state index is 13.0. The van der Waals surface area contributed by atoms with Crippen molar-refractivity contribution >= 4 is 17.3 Å². The lowest BCUT2D eigenvalue weighted by Crippen LogP contribution is -2.59. The number of hydrogen-bond donors (Lipinski definition) is 2. The molecule has 10 heteroatoms. The van der Waals surface area contributed by atoms with Crippen LogP contribution in [0.1, 0.15) is 6.92 Å². The quantitative estimate of drug-likeness (QED) is 0.506. The zero-order chi connectivity index (χ0) is 15.7. The second-order valence-corrected chi connectivity index (χ2v) is 4.08. The third kappa shape index (κ3) is 3.02. The molecule has 6 nitrogen and oxygen atoms in total. The second-order valence-electron chi connectivity index (χ2n) is 4.08. The van der Waals surface area contributed by atoms with Crippen molar-refractivity contribution in [3.05, 3.63) is 34.1 Å². The number of anilines is 1. The summed E-state index contributed by atoms with van der Waals surface area (Å²) in [7, 11) is 0. The van der Waals surface area contributed by atoms with Crippen LogP contribution in [-0.2, 0) is 4.79 Å². The summed E-state index contributed by atoms with van der Waals surface area (Å²) in [4.78, 5) is 20.8. The smallest absolute Gasteiger partial charge is 0.324 e. The molecular weight excluding hydrogens is 286 g/mol. The fourth-order valence-electron chi connectivity index (χ4n) is 1.12. The molecule has 1 atom stereocenters. The zero-order valence-electron chi connectivity index (χ0n) is 9.99. The Balaban J connectivity index is 3.03. The van der Waals surface area contributed by atoms with Gasteiger partial charge in [-0.1, -0.05) is 0 Å². The van der Waals surface area contributed by atoms with Crippen molar-refractivity contribution in [2.24, 2.45) is 5.73 Å². The summed E-state index contributed by atoms with van der Waals surface area (Å²) in [5.41, 5.74) is 0.334. The Morgan fingerprint density at radius 3 is 2.40 bits per heavy atom. The summed E-state index contributed by atoms with van der Waals surface area (Å²) >= 11 is 0. The van der Waals surface area contributed by atoms with Crippen molar-refractivity contribution in [1.82, 2.24) is 0 Å². The van der Waals surface area contributed by atoms with Gasteiger partial charge < -0.3 is 11.1 Å². The summed E-state index contributed by atoms with van der Waals surface area (Å²) in [5.74, 6) is -2.80. The zero-order valence-corrected chi connectivity index (χ0v) is 9.99. The molecule has 0 fully saturated rings. The summed E-state index contributed by atoms with van der Waals surface area (Å²) in [6.07, 6.45) is -5.01. The maximum Gasteiger partial charge on any atom is 0.415 e. The summed E-state index contributed by atoms with van der Waals surface area (Å²) < 4.78 is 50.5. The number of carbonyl (C=O) groups is 1. The first-order chi connectivity index (χ1) is 8.96. The van der Waals surface area contributed by atoms with Gasteiger partial charge in [0.25, 0.3) is 5.91 Å². The number of alkyl halides is 3. The maximum absolute atomic E-state index is 13.0. The minimum atomic E-state index is -5.01. The predicted molar refractivity (Wildman–Crippen MR) is 60.3 cm³/mol. The highest BCUT2D eigenvalue weighted by Gasteiger charge is 2.54. The highest BCUT2D eigenvalue weighted by molar-refractivity contribution is 5.98. The Kier molecular flexibility index (Phi) is 3.99. The van der Waals surface area contributed by atoms with Crippen LogP contribution in [0.4, 0.5) is 28.9 Å². The number of nitro groups is 1. The van der Waals surface area contributed by atoms with Crippen molar-refractivity contribution in [3.8, 4) is 0 Å². The van der Waals surface area contributed by atoms with Gasteiger partial charge in [0, 0.05) is 11.8 Å². The van der Waals surface area contributed by atoms with Gasteiger partial charge in [0.2, 0.25) is 5.82 Å². The highest BCUT2D eigenvalue weighted by Crippen LogP contribution is 2.29. The molecule has 0 radical (unpaired) electrons. The van der Waals surface area contributed by atoms with Crippen LogP contribution in [0.15, 0.2) is 18.2 Å². The molecule has 1 unspecified atom stereocenters. The first-order valence-electron chi connectivity index (χ1n) is 5.08. The van der Waals surface area contributed by atoms with Crippen LogP contribution in [0.5, 0.6) is 0 Å². The number of amides is 1. The lowest BCUT2D eigenvalue weighted by molar-refractivity contribution is -0.387. The molecule has 1 rings (SSSR count). The first kappa shape index (κ1) is 15.8. The van der Waals surface area contributed by atoms with E-state index in [1.54, 1.807) is 5.32 Å². The van der Waals surface area contributed by atoms with Gasteiger partial charge in [-0.05, 0) is 19.1 Å². The Morgan fingerprint density at radius 1 is 1.40 bits per heavy atom. The van der Waals surface area contributed by atoms with Gasteiger partial charge in [-0.25, -0.2) is 0 Å². The molecule has 3 N–H and O–H groups in total. The lowest BCUT2D eigenvalue weighted by Gasteiger charge is -2.26. The summed E-state index contributed by atoms with van der Waals surface area (Å²) in [5, 5.41) is 12.2. The summed E-state index contributed by atoms with van der Waals surface area (Å²) in [6, 6.07) is 2.13. The van der Waals surface area contributed by atoms with Gasteiger partial charge in [0.15, 0.2) is 5.54 Å². The molecule has 0 aliphatic rings. The highest BCUT2D eigenvalue weighted by atomic mass is 19.4. The topological polar surface area (TPSA) is 98.3 Å². The van der Waals surface area contributed by atoms with Crippen LogP contribution in [0.2, 0.25) is 0 Å². The number of carbonyl (C=O) groups excluding carboxylic acids is 1. The van der Waals surface area contributed by atoms with Crippen molar-refractivity contribution in [3.63, 3.8) is 0 Å². The summed E-state index contributed by atoms with van der Waals surface area (Å²) in [6.45, 7) is 0.445. The minimum absolute atomic E-state index is 0.371. The van der Waals surface area contributed by atoms with Gasteiger partial charge in [0.1, 0.15) is 0 Å². The van der Waals surface area contributed by atoms with Crippen LogP contribution in [-0.4, -0.2) is 22.5 Å². The van der Waals surface area contributed by atoms with E-state index in [2.05, 4.69) is 0 Å². The van der Waals surface area contributed by atoms with E-state index in [0.29, 0.717) is 19.1 Å². The molecule has 1 aromatic rings. The van der Waals surface area contributed by atoms with Gasteiger partial charge in [-0.3, -0.25) is 14.9 Å². The van der Waals surface area contributed by atoms with E-state index < -0.39 is 34.1 Å². The van der Waals surface area contributed by atoms with E-state index >= 15 is 0 Å². The van der Waals surface area contributed by atoms with Crippen LogP contribution < -0.4 is 11.1 Å². The number of nitro benzene ring substituents is 1. The van der Waals surface area contributed by atoms with Crippen LogP contribution in [0.25, 0.3) is 0 Å². The number of halogens is 4. The molecule has 110 valence electrons. The monoisotopic (exact) mass is 295 g/mol. The number of nitrogens with one attached hydrogen (secondary N) is 1. The van der Waals surface area contributed by atoms with Gasteiger partial charge in [0.05, 0.1) is 4.92 Å². The van der Waals surface area contributed by atoms with Crippen molar-refractivity contribution in [2.45, 2.75) is 18.6 Å².